The lowest BCUT2D eigenvalue weighted by molar-refractivity contribution is 0.0584. The summed E-state index contributed by atoms with van der Waals surface area (Å²) in [7, 11) is 0. The predicted octanol–water partition coefficient (Wildman–Crippen LogP) is 1.86. The van der Waals surface area contributed by atoms with Crippen molar-refractivity contribution in [2.75, 3.05) is 13.2 Å². The summed E-state index contributed by atoms with van der Waals surface area (Å²) in [4.78, 5) is 15.7. The molecule has 1 atom stereocenters. The van der Waals surface area contributed by atoms with Gasteiger partial charge < -0.3 is 15.2 Å². The van der Waals surface area contributed by atoms with Crippen LogP contribution in [0, 0.1) is 5.41 Å². The molecule has 1 unspecified atom stereocenters. The number of nitrogens with zero attached hydrogens (tertiary/aromatic N) is 1. The highest BCUT2D eigenvalue weighted by molar-refractivity contribution is 5.92. The first-order chi connectivity index (χ1) is 9.70. The van der Waals surface area contributed by atoms with Gasteiger partial charge >= 0.3 is 0 Å². The second kappa shape index (κ2) is 7.31. The number of alkyl halides is 2. The third-order valence-corrected chi connectivity index (χ3v) is 2.77. The predicted molar refractivity (Wildman–Crippen MR) is 73.5 cm³/mol. The van der Waals surface area contributed by atoms with Gasteiger partial charge in [-0.15, -0.1) is 0 Å². The largest absolute Gasteiger partial charge is 0.472 e. The molecule has 0 fully saturated rings. The molecular formula is C14H20F2N2O3. The third kappa shape index (κ3) is 6.03. The number of nitrogens with one attached hydrogen (secondary N) is 1. The van der Waals surface area contributed by atoms with Crippen LogP contribution in [0.1, 0.15) is 31.3 Å². The van der Waals surface area contributed by atoms with Crippen molar-refractivity contribution in [2.24, 2.45) is 5.41 Å². The van der Waals surface area contributed by atoms with Gasteiger partial charge in [0.15, 0.2) is 6.61 Å². The number of carbonyl (C=O) groups is 1. The van der Waals surface area contributed by atoms with Gasteiger partial charge in [0.2, 0.25) is 5.88 Å². The Bertz CT molecular complexity index is 476. The maximum Gasteiger partial charge on any atom is 0.272 e. The highest BCUT2D eigenvalue weighted by Crippen LogP contribution is 2.18. The van der Waals surface area contributed by atoms with Gasteiger partial charge in [-0.3, -0.25) is 4.79 Å². The number of carbonyl (C=O) groups excluding carboxylic acids is 1. The first kappa shape index (κ1) is 17.3. The number of rotatable bonds is 6. The molecule has 1 heterocycles. The normalized spacial score (nSPS) is 13.1. The molecule has 7 heteroatoms. The third-order valence-electron chi connectivity index (χ3n) is 2.77. The van der Waals surface area contributed by atoms with Crippen molar-refractivity contribution in [1.82, 2.24) is 10.3 Å². The van der Waals surface area contributed by atoms with E-state index in [4.69, 9.17) is 4.74 Å². The Hall–Kier alpha value is -1.76. The topological polar surface area (TPSA) is 71.5 Å². The van der Waals surface area contributed by atoms with Crippen LogP contribution in [0.15, 0.2) is 18.2 Å². The fraction of sp³-hybridized carbons (Fsp3) is 0.571. The lowest BCUT2D eigenvalue weighted by Gasteiger charge is -2.25. The smallest absolute Gasteiger partial charge is 0.272 e. The van der Waals surface area contributed by atoms with Gasteiger partial charge in [-0.2, -0.15) is 0 Å². The van der Waals surface area contributed by atoms with E-state index in [0.29, 0.717) is 0 Å². The van der Waals surface area contributed by atoms with E-state index in [1.807, 2.05) is 20.8 Å². The van der Waals surface area contributed by atoms with Gasteiger partial charge in [0.25, 0.3) is 12.3 Å². The molecule has 0 aromatic carbocycles. The summed E-state index contributed by atoms with van der Waals surface area (Å²) >= 11 is 0. The fourth-order valence-electron chi connectivity index (χ4n) is 1.36. The Morgan fingerprint density at radius 3 is 2.67 bits per heavy atom. The molecular weight excluding hydrogens is 282 g/mol. The number of pyridine rings is 1. The first-order valence-corrected chi connectivity index (χ1v) is 6.54. The molecule has 2 N–H and O–H groups in total. The minimum absolute atomic E-state index is 0.0423. The summed E-state index contributed by atoms with van der Waals surface area (Å²) in [5.74, 6) is -0.542. The summed E-state index contributed by atoms with van der Waals surface area (Å²) in [6.45, 7) is 4.84. The number of aromatic nitrogens is 1. The maximum atomic E-state index is 12.0. The standard InChI is InChI=1S/C14H20F2N2O3/c1-14(2,3)10(19)7-17-13(20)9-5-4-6-12(18-9)21-8-11(15)16/h4-6,10-11,19H,7-8H2,1-3H3,(H,17,20). The molecule has 0 spiro atoms. The number of hydrogen-bond donors (Lipinski definition) is 2. The number of hydrogen-bond acceptors (Lipinski definition) is 4. The van der Waals surface area contributed by atoms with Gasteiger partial charge in [0.05, 0.1) is 6.10 Å². The zero-order valence-corrected chi connectivity index (χ0v) is 12.3. The lowest BCUT2D eigenvalue weighted by Crippen LogP contribution is -2.39. The zero-order valence-electron chi connectivity index (χ0n) is 12.3. The van der Waals surface area contributed by atoms with Crippen LogP contribution in [0.4, 0.5) is 8.78 Å². The van der Waals surface area contributed by atoms with Crippen molar-refractivity contribution >= 4 is 5.91 Å². The molecule has 0 saturated heterocycles. The molecule has 5 nitrogen and oxygen atoms in total. The van der Waals surface area contributed by atoms with E-state index in [-0.39, 0.29) is 23.5 Å². The quantitative estimate of drug-likeness (QED) is 0.841. The van der Waals surface area contributed by atoms with E-state index in [2.05, 4.69) is 10.3 Å². The number of aliphatic hydroxyl groups is 1. The Labute approximate surface area is 122 Å². The molecule has 0 bridgehead atoms. The van der Waals surface area contributed by atoms with Crippen LogP contribution in [-0.4, -0.2) is 41.7 Å². The highest BCUT2D eigenvalue weighted by Gasteiger charge is 2.22. The Morgan fingerprint density at radius 2 is 2.10 bits per heavy atom. The summed E-state index contributed by atoms with van der Waals surface area (Å²) in [5, 5.41) is 12.4. The summed E-state index contributed by atoms with van der Waals surface area (Å²) in [5.41, 5.74) is -0.314. The molecule has 21 heavy (non-hydrogen) atoms. The van der Waals surface area contributed by atoms with Crippen LogP contribution < -0.4 is 10.1 Å². The van der Waals surface area contributed by atoms with Crippen molar-refractivity contribution in [1.29, 1.82) is 0 Å². The molecule has 1 aromatic rings. The van der Waals surface area contributed by atoms with E-state index < -0.39 is 25.0 Å². The van der Waals surface area contributed by atoms with E-state index in [0.717, 1.165) is 0 Å². The Morgan fingerprint density at radius 1 is 1.43 bits per heavy atom. The van der Waals surface area contributed by atoms with E-state index >= 15 is 0 Å². The monoisotopic (exact) mass is 302 g/mol. The molecule has 118 valence electrons. The summed E-state index contributed by atoms with van der Waals surface area (Å²) in [6.07, 6.45) is -3.31. The highest BCUT2D eigenvalue weighted by atomic mass is 19.3. The SMILES string of the molecule is CC(C)(C)C(O)CNC(=O)c1cccc(OCC(F)F)n1. The Balaban J connectivity index is 2.60. The number of ether oxygens (including phenoxy) is 1. The van der Waals surface area contributed by atoms with Crippen LogP contribution in [0.2, 0.25) is 0 Å². The first-order valence-electron chi connectivity index (χ1n) is 6.54. The zero-order chi connectivity index (χ0) is 16.0. The molecule has 1 amide bonds. The van der Waals surface area contributed by atoms with Crippen LogP contribution >= 0.6 is 0 Å². The van der Waals surface area contributed by atoms with Crippen LogP contribution in [0.25, 0.3) is 0 Å². The van der Waals surface area contributed by atoms with Gasteiger partial charge in [0, 0.05) is 12.6 Å². The maximum absolute atomic E-state index is 12.0. The molecule has 1 rings (SSSR count). The van der Waals surface area contributed by atoms with Crippen molar-refractivity contribution in [3.63, 3.8) is 0 Å². The molecule has 0 aliphatic heterocycles. The average Bonchev–Trinajstić information content (AvgIpc) is 2.41. The van der Waals surface area contributed by atoms with Crippen molar-refractivity contribution < 1.29 is 23.4 Å². The minimum Gasteiger partial charge on any atom is -0.472 e. The van der Waals surface area contributed by atoms with Gasteiger partial charge in [-0.25, -0.2) is 13.8 Å². The molecule has 0 radical (unpaired) electrons. The number of halogens is 2. The van der Waals surface area contributed by atoms with Crippen LogP contribution in [-0.2, 0) is 0 Å². The lowest BCUT2D eigenvalue weighted by atomic mass is 9.89. The van der Waals surface area contributed by atoms with Crippen LogP contribution in [0.3, 0.4) is 0 Å². The Kier molecular flexibility index (Phi) is 6.02. The molecule has 1 aromatic heterocycles. The van der Waals surface area contributed by atoms with Crippen LogP contribution in [0.5, 0.6) is 5.88 Å². The van der Waals surface area contributed by atoms with Crippen molar-refractivity contribution in [2.45, 2.75) is 33.3 Å². The summed E-state index contributed by atoms with van der Waals surface area (Å²) < 4.78 is 28.8. The fourth-order valence-corrected chi connectivity index (χ4v) is 1.36. The van der Waals surface area contributed by atoms with Gasteiger partial charge in [-0.05, 0) is 11.5 Å². The second-order valence-electron chi connectivity index (χ2n) is 5.66. The minimum atomic E-state index is -2.61. The molecule has 0 aliphatic carbocycles. The molecule has 0 saturated carbocycles. The van der Waals surface area contributed by atoms with Crippen molar-refractivity contribution in [3.05, 3.63) is 23.9 Å². The average molecular weight is 302 g/mol. The summed E-state index contributed by atoms with van der Waals surface area (Å²) in [6, 6.07) is 4.32. The van der Waals surface area contributed by atoms with E-state index in [9.17, 15) is 18.7 Å². The number of amides is 1. The van der Waals surface area contributed by atoms with E-state index in [1.165, 1.54) is 18.2 Å². The van der Waals surface area contributed by atoms with Gasteiger partial charge in [0.1, 0.15) is 5.69 Å². The van der Waals surface area contributed by atoms with E-state index in [1.54, 1.807) is 0 Å². The van der Waals surface area contributed by atoms with Crippen molar-refractivity contribution in [3.8, 4) is 5.88 Å². The number of aliphatic hydroxyl groups excluding tert-OH is 1. The van der Waals surface area contributed by atoms with Gasteiger partial charge in [-0.1, -0.05) is 26.8 Å². The molecule has 0 aliphatic rings. The second-order valence-corrected chi connectivity index (χ2v) is 5.66.